The van der Waals surface area contributed by atoms with Gasteiger partial charge in [0.25, 0.3) is 0 Å². The molecule has 3 heteroatoms. The highest BCUT2D eigenvalue weighted by Gasteiger charge is 2.12. The van der Waals surface area contributed by atoms with Gasteiger partial charge in [-0.1, -0.05) is 0 Å². The van der Waals surface area contributed by atoms with E-state index in [1.165, 1.54) is 0 Å². The molecule has 0 unspecified atom stereocenters. The first-order valence-electron chi connectivity index (χ1n) is 3.05. The maximum Gasteiger partial charge on any atom is 0.148 e. The molecule has 0 radical (unpaired) electrons. The molecule has 0 spiro atoms. The summed E-state index contributed by atoms with van der Waals surface area (Å²) in [6, 6.07) is 0. The second-order valence-corrected chi connectivity index (χ2v) is 2.13. The first-order chi connectivity index (χ1) is 4.34. The summed E-state index contributed by atoms with van der Waals surface area (Å²) in [7, 11) is 0. The summed E-state index contributed by atoms with van der Waals surface area (Å²) in [5, 5.41) is 9.89. The molecule has 0 saturated carbocycles. The van der Waals surface area contributed by atoms with Crippen LogP contribution >= 0.6 is 0 Å². The van der Waals surface area contributed by atoms with Gasteiger partial charge < -0.3 is 0 Å². The molecule has 1 heterocycles. The lowest BCUT2D eigenvalue weighted by atomic mass is 10.1. The molecule has 1 aliphatic rings. The van der Waals surface area contributed by atoms with Crippen molar-refractivity contribution in [1.29, 1.82) is 0 Å². The third kappa shape index (κ3) is 1.31. The zero-order chi connectivity index (χ0) is 6.69. The number of carbonyl (C=O) groups excluding carboxylic acids is 1. The molecule has 3 nitrogen and oxygen atoms in total. The maximum atomic E-state index is 10.0. The van der Waals surface area contributed by atoms with Gasteiger partial charge in [-0.25, -0.2) is 4.79 Å². The quantitative estimate of drug-likeness (QED) is 0.484. The van der Waals surface area contributed by atoms with Gasteiger partial charge in [-0.3, -0.25) is 10.3 Å². The minimum Gasteiger partial charge on any atom is -0.288 e. The average molecular weight is 127 g/mol. The molecule has 1 fully saturated rings. The van der Waals surface area contributed by atoms with Crippen molar-refractivity contribution in [2.45, 2.75) is 19.3 Å². The number of allylic oxidation sites excluding steroid dienone is 1. The zero-order valence-corrected chi connectivity index (χ0v) is 5.13. The topological polar surface area (TPSA) is 40.5 Å². The molecular weight excluding hydrogens is 118 g/mol. The predicted octanol–water partition coefficient (Wildman–Crippen LogP) is 0.577. The molecule has 1 N–H and O–H groups in total. The molecule has 1 rings (SSSR count). The Hall–Kier alpha value is -0.790. The Morgan fingerprint density at radius 3 is 2.78 bits per heavy atom. The van der Waals surface area contributed by atoms with Crippen molar-refractivity contribution in [2.24, 2.45) is 0 Å². The van der Waals surface area contributed by atoms with Crippen molar-refractivity contribution < 1.29 is 10.0 Å². The summed E-state index contributed by atoms with van der Waals surface area (Å²) < 4.78 is 0. The fourth-order valence-corrected chi connectivity index (χ4v) is 0.922. The average Bonchev–Trinajstić information content (AvgIpc) is 1.89. The van der Waals surface area contributed by atoms with Crippen molar-refractivity contribution in [3.63, 3.8) is 0 Å². The molecule has 0 aromatic carbocycles. The van der Waals surface area contributed by atoms with Crippen molar-refractivity contribution in [2.75, 3.05) is 6.54 Å². The molecule has 1 saturated heterocycles. The number of hydrogen-bond acceptors (Lipinski definition) is 3. The molecular formula is C6H9NO2. The molecule has 0 aromatic rings. The molecule has 9 heavy (non-hydrogen) atoms. The molecule has 0 amide bonds. The van der Waals surface area contributed by atoms with E-state index in [0.29, 0.717) is 18.7 Å². The Morgan fingerprint density at radius 1 is 1.56 bits per heavy atom. The number of nitrogens with zero attached hydrogens (tertiary/aromatic N) is 1. The first-order valence-corrected chi connectivity index (χ1v) is 3.05. The van der Waals surface area contributed by atoms with Crippen LogP contribution in [0, 0.1) is 0 Å². The van der Waals surface area contributed by atoms with E-state index in [9.17, 15) is 4.79 Å². The van der Waals surface area contributed by atoms with Crippen LogP contribution in [0.3, 0.4) is 0 Å². The predicted molar refractivity (Wildman–Crippen MR) is 31.5 cm³/mol. The van der Waals surface area contributed by atoms with Gasteiger partial charge in [0.1, 0.15) is 11.6 Å². The number of hydroxylamine groups is 2. The van der Waals surface area contributed by atoms with E-state index in [2.05, 4.69) is 0 Å². The summed E-state index contributed by atoms with van der Waals surface area (Å²) >= 11 is 0. The minimum absolute atomic E-state index is 0.390. The third-order valence-electron chi connectivity index (χ3n) is 1.46. The lowest BCUT2D eigenvalue weighted by Gasteiger charge is -2.21. The summed E-state index contributed by atoms with van der Waals surface area (Å²) in [5.74, 6) is 1.70. The third-order valence-corrected chi connectivity index (χ3v) is 1.46. The van der Waals surface area contributed by atoms with Crippen LogP contribution in [0.5, 0.6) is 0 Å². The molecule has 1 aliphatic heterocycles. The van der Waals surface area contributed by atoms with E-state index >= 15 is 0 Å². The van der Waals surface area contributed by atoms with E-state index in [1.807, 2.05) is 0 Å². The zero-order valence-electron chi connectivity index (χ0n) is 5.13. The molecule has 0 aliphatic carbocycles. The van der Waals surface area contributed by atoms with Gasteiger partial charge in [-0.05, 0) is 12.8 Å². The van der Waals surface area contributed by atoms with Crippen LogP contribution in [-0.4, -0.2) is 22.8 Å². The monoisotopic (exact) mass is 127 g/mol. The molecule has 50 valence electrons. The number of piperidine rings is 1. The normalized spacial score (nSPS) is 19.7. The van der Waals surface area contributed by atoms with Gasteiger partial charge in [-0.2, -0.15) is 0 Å². The second kappa shape index (κ2) is 2.67. The van der Waals surface area contributed by atoms with Crippen LogP contribution in [0.15, 0.2) is 5.70 Å². The Morgan fingerprint density at radius 2 is 2.33 bits per heavy atom. The van der Waals surface area contributed by atoms with Crippen LogP contribution < -0.4 is 0 Å². The van der Waals surface area contributed by atoms with Gasteiger partial charge in [0.05, 0.1) is 0 Å². The van der Waals surface area contributed by atoms with Gasteiger partial charge >= 0.3 is 0 Å². The van der Waals surface area contributed by atoms with Crippen molar-refractivity contribution in [3.8, 4) is 0 Å². The van der Waals surface area contributed by atoms with E-state index in [4.69, 9.17) is 5.21 Å². The molecule has 0 atom stereocenters. The van der Waals surface area contributed by atoms with E-state index in [-0.39, 0.29) is 0 Å². The largest absolute Gasteiger partial charge is 0.288 e. The fraction of sp³-hybridized carbons (Fsp3) is 0.667. The van der Waals surface area contributed by atoms with E-state index < -0.39 is 0 Å². The first kappa shape index (κ1) is 6.33. The van der Waals surface area contributed by atoms with E-state index in [1.54, 1.807) is 5.94 Å². The number of hydrogen-bond donors (Lipinski definition) is 1. The van der Waals surface area contributed by atoms with Crippen LogP contribution in [-0.2, 0) is 4.79 Å². The number of rotatable bonds is 0. The summed E-state index contributed by atoms with van der Waals surface area (Å²) in [6.45, 7) is 0.574. The van der Waals surface area contributed by atoms with Gasteiger partial charge in [0, 0.05) is 13.0 Å². The Bertz CT molecular complexity index is 149. The van der Waals surface area contributed by atoms with Gasteiger partial charge in [0.15, 0.2) is 0 Å². The standard InChI is InChI=1S/C6H9NO2/c8-5-6-3-1-2-4-7(6)9/h9H,1-4H2. The van der Waals surface area contributed by atoms with Gasteiger partial charge in [0.2, 0.25) is 0 Å². The van der Waals surface area contributed by atoms with E-state index in [0.717, 1.165) is 17.9 Å². The Labute approximate surface area is 53.5 Å². The van der Waals surface area contributed by atoms with Crippen LogP contribution in [0.2, 0.25) is 0 Å². The molecule has 0 bridgehead atoms. The van der Waals surface area contributed by atoms with Crippen molar-refractivity contribution in [3.05, 3.63) is 5.70 Å². The summed E-state index contributed by atoms with van der Waals surface area (Å²) in [6.07, 6.45) is 2.61. The lowest BCUT2D eigenvalue weighted by molar-refractivity contribution is -0.0669. The highest BCUT2D eigenvalue weighted by atomic mass is 16.5. The fourth-order valence-electron chi connectivity index (χ4n) is 0.922. The minimum atomic E-state index is 0.390. The van der Waals surface area contributed by atoms with Crippen molar-refractivity contribution >= 4 is 5.94 Å². The highest BCUT2D eigenvalue weighted by Crippen LogP contribution is 2.14. The maximum absolute atomic E-state index is 10.0. The highest BCUT2D eigenvalue weighted by molar-refractivity contribution is 5.51. The second-order valence-electron chi connectivity index (χ2n) is 2.13. The van der Waals surface area contributed by atoms with Crippen LogP contribution in [0.1, 0.15) is 19.3 Å². The smallest absolute Gasteiger partial charge is 0.148 e. The summed E-state index contributed by atoms with van der Waals surface area (Å²) in [5.41, 5.74) is 0.390. The van der Waals surface area contributed by atoms with Crippen LogP contribution in [0.25, 0.3) is 0 Å². The molecule has 0 aromatic heterocycles. The van der Waals surface area contributed by atoms with Crippen LogP contribution in [0.4, 0.5) is 0 Å². The lowest BCUT2D eigenvalue weighted by Crippen LogP contribution is -2.24. The van der Waals surface area contributed by atoms with Crippen molar-refractivity contribution in [1.82, 2.24) is 5.06 Å². The summed E-state index contributed by atoms with van der Waals surface area (Å²) in [4.78, 5) is 10.0. The Balaban J connectivity index is 2.59. The van der Waals surface area contributed by atoms with Gasteiger partial charge in [-0.15, -0.1) is 0 Å². The Kier molecular flexibility index (Phi) is 1.88. The SMILES string of the molecule is O=C=C1CCCCN1O.